The summed E-state index contributed by atoms with van der Waals surface area (Å²) in [6.45, 7) is 2.81. The predicted octanol–water partition coefficient (Wildman–Crippen LogP) is 3.47. The lowest BCUT2D eigenvalue weighted by atomic mass is 10.1. The molecule has 0 unspecified atom stereocenters. The molecule has 0 spiro atoms. The first-order valence-electron chi connectivity index (χ1n) is 9.29. The Balaban J connectivity index is 1.87. The minimum absolute atomic E-state index is 0.0174. The Bertz CT molecular complexity index is 991. The Morgan fingerprint density at radius 1 is 1.21 bits per heavy atom. The monoisotopic (exact) mass is 404 g/mol. The van der Waals surface area contributed by atoms with Crippen molar-refractivity contribution in [2.45, 2.75) is 32.6 Å². The lowest BCUT2D eigenvalue weighted by molar-refractivity contribution is 0.0984. The van der Waals surface area contributed by atoms with Crippen LogP contribution in [0.2, 0.25) is 0 Å². The fourth-order valence-corrected chi connectivity index (χ4v) is 2.89. The maximum absolute atomic E-state index is 12.9. The third-order valence-electron chi connectivity index (χ3n) is 4.23. The van der Waals surface area contributed by atoms with Crippen molar-refractivity contribution in [1.29, 1.82) is 0 Å². The molecule has 0 N–H and O–H groups in total. The number of rotatable bonds is 10. The lowest BCUT2D eigenvalue weighted by Gasteiger charge is -2.09. The van der Waals surface area contributed by atoms with Crippen LogP contribution in [-0.2, 0) is 17.6 Å². The fraction of sp³-hybridized carbons (Fsp3) is 0.400. The topological polar surface area (TPSA) is 78.6 Å². The number of carbonyl (C=O) groups excluding carboxylic acids is 1. The minimum atomic E-state index is -2.73. The van der Waals surface area contributed by atoms with Gasteiger partial charge in [0.05, 0.1) is 12.3 Å². The van der Waals surface area contributed by atoms with Gasteiger partial charge in [-0.15, -0.1) is 0 Å². The number of aromatic nitrogens is 4. The molecule has 9 heteroatoms. The van der Waals surface area contributed by atoms with Crippen molar-refractivity contribution in [3.05, 3.63) is 53.2 Å². The number of halogens is 2. The average Bonchev–Trinajstić information content (AvgIpc) is 3.10. The molecule has 3 aromatic heterocycles. The van der Waals surface area contributed by atoms with Crippen LogP contribution in [0.5, 0.6) is 5.88 Å². The molecule has 0 saturated carbocycles. The van der Waals surface area contributed by atoms with E-state index >= 15 is 0 Å². The van der Waals surface area contributed by atoms with E-state index in [1.807, 2.05) is 13.1 Å². The number of Topliss-reactive ketones (excluding diaryl/α,β-unsaturated/α-hetero) is 1. The van der Waals surface area contributed by atoms with Gasteiger partial charge < -0.3 is 9.47 Å². The van der Waals surface area contributed by atoms with Gasteiger partial charge in [0, 0.05) is 38.1 Å². The van der Waals surface area contributed by atoms with Gasteiger partial charge >= 0.3 is 0 Å². The number of imidazole rings is 1. The van der Waals surface area contributed by atoms with Crippen LogP contribution in [0.25, 0.3) is 5.78 Å². The van der Waals surface area contributed by atoms with Gasteiger partial charge in [0.2, 0.25) is 11.7 Å². The van der Waals surface area contributed by atoms with E-state index in [1.54, 1.807) is 17.7 Å². The summed E-state index contributed by atoms with van der Waals surface area (Å²) in [7, 11) is 1.65. The second-order valence-corrected chi connectivity index (χ2v) is 6.39. The van der Waals surface area contributed by atoms with Crippen LogP contribution in [-0.4, -0.2) is 45.5 Å². The number of nitrogens with zero attached hydrogens (tertiary/aromatic N) is 4. The summed E-state index contributed by atoms with van der Waals surface area (Å²) in [5.41, 5.74) is 0.946. The molecule has 3 rings (SSSR count). The summed E-state index contributed by atoms with van der Waals surface area (Å²) in [6.07, 6.45) is 2.33. The molecule has 3 aromatic rings. The molecule has 0 aliphatic rings. The number of carbonyl (C=O) groups is 1. The highest BCUT2D eigenvalue weighted by Crippen LogP contribution is 2.21. The zero-order valence-corrected chi connectivity index (χ0v) is 16.3. The molecule has 0 radical (unpaired) electrons. The van der Waals surface area contributed by atoms with E-state index in [-0.39, 0.29) is 12.1 Å². The van der Waals surface area contributed by atoms with Crippen molar-refractivity contribution in [2.24, 2.45) is 0 Å². The number of alkyl halides is 2. The normalized spacial score (nSPS) is 11.3. The van der Waals surface area contributed by atoms with Gasteiger partial charge in [-0.25, -0.2) is 18.7 Å². The highest BCUT2D eigenvalue weighted by molar-refractivity contribution is 5.96. The summed E-state index contributed by atoms with van der Waals surface area (Å²) in [5.74, 6) is 0.373. The molecule has 0 fully saturated rings. The zero-order chi connectivity index (χ0) is 20.8. The summed E-state index contributed by atoms with van der Waals surface area (Å²) >= 11 is 0. The number of ketones is 1. The second-order valence-electron chi connectivity index (χ2n) is 6.39. The zero-order valence-electron chi connectivity index (χ0n) is 16.3. The molecule has 0 aromatic carbocycles. The highest BCUT2D eigenvalue weighted by Gasteiger charge is 2.18. The maximum Gasteiger partial charge on any atom is 0.280 e. The molecule has 154 valence electrons. The number of ether oxygens (including phenoxy) is 2. The summed E-state index contributed by atoms with van der Waals surface area (Å²) in [6, 6.07) is 4.01. The molecular weight excluding hydrogens is 382 g/mol. The Hall–Kier alpha value is -2.94. The molecule has 0 amide bonds. The van der Waals surface area contributed by atoms with Gasteiger partial charge in [0.25, 0.3) is 6.43 Å². The van der Waals surface area contributed by atoms with Gasteiger partial charge in [-0.2, -0.15) is 4.98 Å². The van der Waals surface area contributed by atoms with Gasteiger partial charge in [0.1, 0.15) is 11.4 Å². The van der Waals surface area contributed by atoms with Crippen LogP contribution in [0.1, 0.15) is 47.2 Å². The smallest absolute Gasteiger partial charge is 0.280 e. The van der Waals surface area contributed by atoms with E-state index in [4.69, 9.17) is 9.47 Å². The summed E-state index contributed by atoms with van der Waals surface area (Å²) < 4.78 is 38.1. The van der Waals surface area contributed by atoms with Gasteiger partial charge in [-0.1, -0.05) is 6.07 Å². The van der Waals surface area contributed by atoms with Crippen molar-refractivity contribution in [2.75, 3.05) is 20.3 Å². The minimum Gasteiger partial charge on any atom is -0.478 e. The van der Waals surface area contributed by atoms with Crippen LogP contribution >= 0.6 is 0 Å². The first-order valence-corrected chi connectivity index (χ1v) is 9.29. The Morgan fingerprint density at radius 3 is 2.76 bits per heavy atom. The van der Waals surface area contributed by atoms with Gasteiger partial charge in [-0.3, -0.25) is 9.20 Å². The quantitative estimate of drug-likeness (QED) is 0.380. The Kier molecular flexibility index (Phi) is 6.82. The predicted molar refractivity (Wildman–Crippen MR) is 102 cm³/mol. The van der Waals surface area contributed by atoms with E-state index < -0.39 is 17.9 Å². The van der Waals surface area contributed by atoms with Gasteiger partial charge in [0.15, 0.2) is 5.78 Å². The van der Waals surface area contributed by atoms with Crippen LogP contribution in [0.15, 0.2) is 30.6 Å². The maximum atomic E-state index is 12.9. The number of methoxy groups -OCH3 is 1. The van der Waals surface area contributed by atoms with Crippen LogP contribution < -0.4 is 4.74 Å². The van der Waals surface area contributed by atoms with E-state index in [0.717, 1.165) is 18.5 Å². The van der Waals surface area contributed by atoms with Crippen molar-refractivity contribution in [1.82, 2.24) is 19.4 Å². The number of aryl methyl sites for hydroxylation is 1. The van der Waals surface area contributed by atoms with Crippen molar-refractivity contribution >= 4 is 11.6 Å². The van der Waals surface area contributed by atoms with E-state index in [0.29, 0.717) is 30.4 Å². The Labute approximate surface area is 166 Å². The lowest BCUT2D eigenvalue weighted by Crippen LogP contribution is -2.11. The largest absolute Gasteiger partial charge is 0.478 e. The molecular formula is C20H22F2N4O3. The number of pyridine rings is 1. The third kappa shape index (κ3) is 5.11. The van der Waals surface area contributed by atoms with E-state index in [9.17, 15) is 13.6 Å². The molecule has 0 saturated heterocycles. The summed E-state index contributed by atoms with van der Waals surface area (Å²) in [4.78, 5) is 25.3. The van der Waals surface area contributed by atoms with E-state index in [1.165, 1.54) is 18.2 Å². The SMILES string of the molecule is CCOc1nc2nc(CCCOC)cn2cc1CC(=O)c1cccc(C(F)F)n1. The van der Waals surface area contributed by atoms with Crippen LogP contribution in [0, 0.1) is 0 Å². The number of fused-ring (bicyclic) bond motifs is 1. The van der Waals surface area contributed by atoms with E-state index in [2.05, 4.69) is 15.0 Å². The number of hydrogen-bond donors (Lipinski definition) is 0. The van der Waals surface area contributed by atoms with Gasteiger partial charge in [-0.05, 0) is 31.9 Å². The molecule has 29 heavy (non-hydrogen) atoms. The molecule has 0 aliphatic heterocycles. The highest BCUT2D eigenvalue weighted by atomic mass is 19.3. The molecule has 0 atom stereocenters. The first kappa shape index (κ1) is 20.8. The fourth-order valence-electron chi connectivity index (χ4n) is 2.89. The van der Waals surface area contributed by atoms with Crippen LogP contribution in [0.4, 0.5) is 8.78 Å². The second kappa shape index (κ2) is 9.51. The molecule has 7 nitrogen and oxygen atoms in total. The molecule has 0 bridgehead atoms. The first-order chi connectivity index (χ1) is 14.0. The van der Waals surface area contributed by atoms with Crippen molar-refractivity contribution < 1.29 is 23.0 Å². The van der Waals surface area contributed by atoms with Crippen molar-refractivity contribution in [3.63, 3.8) is 0 Å². The standard InChI is InChI=1S/C20H22F2N4O3/c1-3-29-19-13(10-17(27)15-7-4-8-16(24-15)18(21)22)11-26-12-14(6-5-9-28-2)23-20(26)25-19/h4,7-8,11-12,18H,3,5-6,9-10H2,1-2H3. The number of hydrogen-bond acceptors (Lipinski definition) is 6. The van der Waals surface area contributed by atoms with Crippen molar-refractivity contribution in [3.8, 4) is 5.88 Å². The summed E-state index contributed by atoms with van der Waals surface area (Å²) in [5, 5.41) is 0. The molecule has 0 aliphatic carbocycles. The Morgan fingerprint density at radius 2 is 2.03 bits per heavy atom. The average molecular weight is 404 g/mol. The third-order valence-corrected chi connectivity index (χ3v) is 4.23. The molecule has 3 heterocycles. The van der Waals surface area contributed by atoms with Crippen LogP contribution in [0.3, 0.4) is 0 Å².